The molecule has 0 fully saturated rings. The Morgan fingerprint density at radius 3 is 2.18 bits per heavy atom. The highest BCUT2D eigenvalue weighted by Crippen LogP contribution is 1.78. The zero-order valence-electron chi connectivity index (χ0n) is 6.20. The maximum Gasteiger partial charge on any atom is 0.163 e. The second kappa shape index (κ2) is 5.51. The van der Waals surface area contributed by atoms with Gasteiger partial charge in [0.1, 0.15) is 5.84 Å². The maximum absolute atomic E-state index is 5.25. The van der Waals surface area contributed by atoms with Crippen LogP contribution in [0.2, 0.25) is 0 Å². The smallest absolute Gasteiger partial charge is 0.163 e. The van der Waals surface area contributed by atoms with Gasteiger partial charge >= 0.3 is 0 Å². The van der Waals surface area contributed by atoms with Gasteiger partial charge in [0.2, 0.25) is 0 Å². The van der Waals surface area contributed by atoms with Gasteiger partial charge in [-0.15, -0.1) is 10.2 Å². The third-order valence-electron chi connectivity index (χ3n) is 0.868. The average Bonchev–Trinajstić information content (AvgIpc) is 2.06. The summed E-state index contributed by atoms with van der Waals surface area (Å²) in [5, 5.41) is 7.11. The first kappa shape index (κ1) is 9.73. The highest BCUT2D eigenvalue weighted by atomic mass is 15.3. The average molecular weight is 156 g/mol. The molecule has 0 bridgehead atoms. The van der Waals surface area contributed by atoms with Crippen molar-refractivity contribution in [2.45, 2.75) is 0 Å². The summed E-state index contributed by atoms with van der Waals surface area (Å²) in [4.78, 5) is 3.48. The number of hydrogen-bond donors (Lipinski definition) is 3. The molecule has 62 valence electrons. The molecule has 0 unspecified atom stereocenters. The summed E-state index contributed by atoms with van der Waals surface area (Å²) in [6.07, 6.45) is 0. The fourth-order valence-corrected chi connectivity index (χ4v) is 0.300. The molecular weight excluding hydrogens is 144 g/mol. The molecule has 6 heteroatoms. The first-order valence-electron chi connectivity index (χ1n) is 3.00. The van der Waals surface area contributed by atoms with Gasteiger partial charge in [-0.05, 0) is 6.72 Å². The van der Waals surface area contributed by atoms with Gasteiger partial charge in [0.05, 0.1) is 13.1 Å². The topological polar surface area (TPSA) is 115 Å². The Labute approximate surface area is 64.9 Å². The molecule has 0 amide bonds. The number of nitrogens with zero attached hydrogens (tertiary/aromatic N) is 3. The standard InChI is InChI=1S/C5H12N6/c1-9-5(3-7)11-10-4(8)2-6/h1-3,6-7H2,(H2,8,10)/b11-5-. The minimum Gasteiger partial charge on any atom is -0.385 e. The highest BCUT2D eigenvalue weighted by Gasteiger charge is 1.88. The molecule has 11 heavy (non-hydrogen) atoms. The SMILES string of the molecule is C=N/C(CN)=N\N=C(/N)CN. The van der Waals surface area contributed by atoms with E-state index in [1.807, 2.05) is 0 Å². The van der Waals surface area contributed by atoms with Crippen LogP contribution in [0.25, 0.3) is 0 Å². The van der Waals surface area contributed by atoms with Crippen LogP contribution in [-0.4, -0.2) is 31.5 Å². The van der Waals surface area contributed by atoms with Gasteiger partial charge in [0.25, 0.3) is 0 Å². The van der Waals surface area contributed by atoms with Crippen molar-refractivity contribution in [3.63, 3.8) is 0 Å². The zero-order valence-corrected chi connectivity index (χ0v) is 6.20. The third kappa shape index (κ3) is 4.18. The molecule has 0 saturated heterocycles. The Bertz CT molecular complexity index is 181. The van der Waals surface area contributed by atoms with E-state index in [-0.39, 0.29) is 18.9 Å². The molecule has 0 aliphatic heterocycles. The van der Waals surface area contributed by atoms with Gasteiger partial charge in [-0.1, -0.05) is 0 Å². The Balaban J connectivity index is 4.17. The van der Waals surface area contributed by atoms with E-state index in [9.17, 15) is 0 Å². The zero-order chi connectivity index (χ0) is 8.69. The maximum atomic E-state index is 5.25. The molecule has 0 aromatic rings. The van der Waals surface area contributed by atoms with E-state index in [1.165, 1.54) is 0 Å². The first-order chi connectivity index (χ1) is 5.24. The molecule has 0 aliphatic carbocycles. The molecule has 6 N–H and O–H groups in total. The number of hydrogen-bond acceptors (Lipinski definition) is 4. The van der Waals surface area contributed by atoms with Crippen molar-refractivity contribution in [1.29, 1.82) is 0 Å². The van der Waals surface area contributed by atoms with Crippen molar-refractivity contribution in [2.75, 3.05) is 13.1 Å². The Morgan fingerprint density at radius 2 is 1.82 bits per heavy atom. The lowest BCUT2D eigenvalue weighted by atomic mass is 10.6. The van der Waals surface area contributed by atoms with Crippen LogP contribution in [0.4, 0.5) is 0 Å². The van der Waals surface area contributed by atoms with Crippen LogP contribution in [0.15, 0.2) is 15.2 Å². The lowest BCUT2D eigenvalue weighted by Crippen LogP contribution is -2.22. The van der Waals surface area contributed by atoms with Crippen molar-refractivity contribution < 1.29 is 0 Å². The van der Waals surface area contributed by atoms with E-state index < -0.39 is 0 Å². The van der Waals surface area contributed by atoms with Crippen molar-refractivity contribution >= 4 is 18.4 Å². The van der Waals surface area contributed by atoms with E-state index >= 15 is 0 Å². The molecule has 0 spiro atoms. The van der Waals surface area contributed by atoms with E-state index in [0.717, 1.165) is 0 Å². The normalized spacial score (nSPS) is 13.3. The van der Waals surface area contributed by atoms with Gasteiger partial charge < -0.3 is 17.2 Å². The second-order valence-electron chi connectivity index (χ2n) is 1.67. The summed E-state index contributed by atoms with van der Waals surface area (Å²) in [6.45, 7) is 3.58. The molecule has 0 aromatic heterocycles. The highest BCUT2D eigenvalue weighted by molar-refractivity contribution is 5.89. The van der Waals surface area contributed by atoms with Crippen LogP contribution in [0.1, 0.15) is 0 Å². The Morgan fingerprint density at radius 1 is 1.18 bits per heavy atom. The van der Waals surface area contributed by atoms with Crippen LogP contribution >= 0.6 is 0 Å². The van der Waals surface area contributed by atoms with Crippen molar-refractivity contribution in [1.82, 2.24) is 0 Å². The summed E-state index contributed by atoms with van der Waals surface area (Å²) in [5.74, 6) is 0.570. The van der Waals surface area contributed by atoms with Crippen molar-refractivity contribution in [3.05, 3.63) is 0 Å². The molecule has 0 saturated carbocycles. The van der Waals surface area contributed by atoms with Crippen LogP contribution in [0, 0.1) is 0 Å². The minimum absolute atomic E-state index is 0.165. The van der Waals surface area contributed by atoms with Crippen molar-refractivity contribution in [3.8, 4) is 0 Å². The van der Waals surface area contributed by atoms with Crippen LogP contribution < -0.4 is 17.2 Å². The lowest BCUT2D eigenvalue weighted by Gasteiger charge is -1.92. The van der Waals surface area contributed by atoms with Crippen LogP contribution in [-0.2, 0) is 0 Å². The summed E-state index contributed by atoms with van der Waals surface area (Å²) in [6, 6.07) is 0. The molecule has 0 heterocycles. The summed E-state index contributed by atoms with van der Waals surface area (Å²) in [5.41, 5.74) is 15.6. The third-order valence-corrected chi connectivity index (χ3v) is 0.868. The number of amidine groups is 2. The quantitative estimate of drug-likeness (QED) is 0.256. The molecule has 0 atom stereocenters. The summed E-state index contributed by atoms with van der Waals surface area (Å²) < 4.78 is 0. The van der Waals surface area contributed by atoms with Gasteiger partial charge in [-0.3, -0.25) is 0 Å². The van der Waals surface area contributed by atoms with Crippen LogP contribution in [0.3, 0.4) is 0 Å². The number of aliphatic imine (C=N–C) groups is 1. The largest absolute Gasteiger partial charge is 0.385 e. The molecular formula is C5H12N6. The molecule has 0 aliphatic rings. The molecule has 0 aromatic carbocycles. The van der Waals surface area contributed by atoms with Gasteiger partial charge in [0.15, 0.2) is 5.84 Å². The monoisotopic (exact) mass is 156 g/mol. The lowest BCUT2D eigenvalue weighted by molar-refractivity contribution is 1.13. The van der Waals surface area contributed by atoms with Crippen LogP contribution in [0.5, 0.6) is 0 Å². The molecule has 6 nitrogen and oxygen atoms in total. The van der Waals surface area contributed by atoms with E-state index in [0.29, 0.717) is 5.84 Å². The fraction of sp³-hybridized carbons (Fsp3) is 0.400. The summed E-state index contributed by atoms with van der Waals surface area (Å²) in [7, 11) is 0. The van der Waals surface area contributed by atoms with Gasteiger partial charge in [-0.2, -0.15) is 0 Å². The van der Waals surface area contributed by atoms with Gasteiger partial charge in [0, 0.05) is 0 Å². The van der Waals surface area contributed by atoms with Gasteiger partial charge in [-0.25, -0.2) is 4.99 Å². The predicted molar refractivity (Wildman–Crippen MR) is 46.7 cm³/mol. The van der Waals surface area contributed by atoms with E-state index in [1.54, 1.807) is 0 Å². The second-order valence-corrected chi connectivity index (χ2v) is 1.67. The summed E-state index contributed by atoms with van der Waals surface area (Å²) >= 11 is 0. The number of nitrogens with two attached hydrogens (primary N) is 3. The molecule has 0 rings (SSSR count). The molecule has 0 radical (unpaired) electrons. The number of rotatable bonds is 3. The Kier molecular flexibility index (Phi) is 4.87. The van der Waals surface area contributed by atoms with Crippen molar-refractivity contribution in [2.24, 2.45) is 32.4 Å². The Hall–Kier alpha value is -1.27. The minimum atomic E-state index is 0.165. The van der Waals surface area contributed by atoms with E-state index in [2.05, 4.69) is 21.9 Å². The first-order valence-corrected chi connectivity index (χ1v) is 3.00. The van der Waals surface area contributed by atoms with E-state index in [4.69, 9.17) is 17.2 Å². The fourth-order valence-electron chi connectivity index (χ4n) is 0.300. The predicted octanol–water partition coefficient (Wildman–Crippen LogP) is -1.72.